The molecule has 6 nitrogen and oxygen atoms in total. The lowest BCUT2D eigenvalue weighted by molar-refractivity contribution is -0.121. The topological polar surface area (TPSA) is 96.0 Å². The Labute approximate surface area is 117 Å². The number of carbonyl (C=O) groups excluding carboxylic acids is 1. The van der Waals surface area contributed by atoms with Crippen molar-refractivity contribution in [2.45, 2.75) is 25.5 Å². The van der Waals surface area contributed by atoms with Crippen molar-refractivity contribution in [2.75, 3.05) is 24.7 Å². The number of hydrogen-bond donors (Lipinski definition) is 3. The smallest absolute Gasteiger partial charge is 0.265 e. The van der Waals surface area contributed by atoms with Crippen LogP contribution < -0.4 is 15.4 Å². The van der Waals surface area contributed by atoms with Crippen LogP contribution in [0.15, 0.2) is 18.2 Å². The number of hydrogen-bond acceptors (Lipinski definition) is 5. The predicted octanol–water partition coefficient (Wildman–Crippen LogP) is 0.175. The van der Waals surface area contributed by atoms with Crippen molar-refractivity contribution in [3.8, 4) is 5.75 Å². The Morgan fingerprint density at radius 3 is 2.90 bits per heavy atom. The van der Waals surface area contributed by atoms with E-state index in [4.69, 9.17) is 15.6 Å². The average Bonchev–Trinajstić information content (AvgIpc) is 2.48. The zero-order valence-electron chi connectivity index (χ0n) is 11.5. The lowest BCUT2D eigenvalue weighted by Gasteiger charge is -2.31. The van der Waals surface area contributed by atoms with Crippen LogP contribution in [0.2, 0.25) is 0 Å². The molecule has 6 heteroatoms. The molecular formula is C14H20N2O4. The second-order valence-electron chi connectivity index (χ2n) is 4.87. The summed E-state index contributed by atoms with van der Waals surface area (Å²) in [5.41, 5.74) is 7.50. The number of aliphatic hydroxyl groups excluding tert-OH is 2. The molecule has 1 aromatic rings. The van der Waals surface area contributed by atoms with Gasteiger partial charge in [-0.3, -0.25) is 4.79 Å². The fraction of sp³-hybridized carbons (Fsp3) is 0.500. The van der Waals surface area contributed by atoms with Crippen molar-refractivity contribution >= 4 is 11.6 Å². The number of nitrogens with zero attached hydrogens (tertiary/aromatic N) is 1. The van der Waals surface area contributed by atoms with Gasteiger partial charge in [-0.15, -0.1) is 0 Å². The van der Waals surface area contributed by atoms with E-state index >= 15 is 0 Å². The predicted molar refractivity (Wildman–Crippen MR) is 74.6 cm³/mol. The van der Waals surface area contributed by atoms with E-state index in [-0.39, 0.29) is 25.1 Å². The minimum absolute atomic E-state index is 0.0382. The van der Waals surface area contributed by atoms with Crippen LogP contribution in [-0.4, -0.2) is 42.0 Å². The highest BCUT2D eigenvalue weighted by Gasteiger charge is 2.27. The van der Waals surface area contributed by atoms with Crippen molar-refractivity contribution in [2.24, 2.45) is 5.73 Å². The van der Waals surface area contributed by atoms with Gasteiger partial charge in [-0.1, -0.05) is 13.0 Å². The number of β-amino-alcohol motifs (C(OH)–C–C–N with tert-alkyl or cyclic N) is 1. The zero-order chi connectivity index (χ0) is 14.7. The number of aliphatic hydroxyl groups is 2. The van der Waals surface area contributed by atoms with Gasteiger partial charge in [-0.25, -0.2) is 0 Å². The molecule has 0 bridgehead atoms. The standard InChI is InChI=1S/C14H20N2O4/c1-2-11(15)9-3-4-13-12(5-9)16(6-10(18)7-17)14(19)8-20-13/h3-5,10-11,17-18H,2,6-8,15H2,1H3. The van der Waals surface area contributed by atoms with Gasteiger partial charge in [0, 0.05) is 6.04 Å². The van der Waals surface area contributed by atoms with Crippen LogP contribution in [0, 0.1) is 0 Å². The number of amides is 1. The molecule has 20 heavy (non-hydrogen) atoms. The molecule has 110 valence electrons. The number of rotatable bonds is 5. The second kappa shape index (κ2) is 6.21. The number of benzene rings is 1. The van der Waals surface area contributed by atoms with E-state index in [9.17, 15) is 9.90 Å². The largest absolute Gasteiger partial charge is 0.482 e. The van der Waals surface area contributed by atoms with Crippen molar-refractivity contribution in [3.63, 3.8) is 0 Å². The highest BCUT2D eigenvalue weighted by molar-refractivity contribution is 5.98. The Hall–Kier alpha value is -1.63. The first-order valence-electron chi connectivity index (χ1n) is 6.68. The summed E-state index contributed by atoms with van der Waals surface area (Å²) in [6, 6.07) is 5.36. The zero-order valence-corrected chi connectivity index (χ0v) is 11.5. The lowest BCUT2D eigenvalue weighted by Crippen LogP contribution is -2.44. The van der Waals surface area contributed by atoms with Gasteiger partial charge < -0.3 is 25.6 Å². The molecule has 0 saturated carbocycles. The van der Waals surface area contributed by atoms with E-state index in [1.807, 2.05) is 19.1 Å². The number of nitrogens with two attached hydrogens (primary N) is 1. The summed E-state index contributed by atoms with van der Waals surface area (Å²) in [6.45, 7) is 1.56. The van der Waals surface area contributed by atoms with Crippen LogP contribution >= 0.6 is 0 Å². The van der Waals surface area contributed by atoms with Crippen molar-refractivity contribution in [1.29, 1.82) is 0 Å². The number of anilines is 1. The maximum Gasteiger partial charge on any atom is 0.265 e. The van der Waals surface area contributed by atoms with Gasteiger partial charge in [0.2, 0.25) is 0 Å². The van der Waals surface area contributed by atoms with Gasteiger partial charge in [0.25, 0.3) is 5.91 Å². The van der Waals surface area contributed by atoms with E-state index in [1.54, 1.807) is 6.07 Å². The Kier molecular flexibility index (Phi) is 4.59. The van der Waals surface area contributed by atoms with Gasteiger partial charge >= 0.3 is 0 Å². The molecule has 4 N–H and O–H groups in total. The van der Waals surface area contributed by atoms with Gasteiger partial charge in [0.1, 0.15) is 5.75 Å². The van der Waals surface area contributed by atoms with Crippen LogP contribution in [0.1, 0.15) is 24.9 Å². The van der Waals surface area contributed by atoms with Gasteiger partial charge in [0.15, 0.2) is 6.61 Å². The SMILES string of the molecule is CCC(N)c1ccc2c(c1)N(CC(O)CO)C(=O)CO2. The van der Waals surface area contributed by atoms with E-state index in [0.29, 0.717) is 11.4 Å². The average molecular weight is 280 g/mol. The first-order chi connectivity index (χ1) is 9.56. The summed E-state index contributed by atoms with van der Waals surface area (Å²) < 4.78 is 5.37. The summed E-state index contributed by atoms with van der Waals surface area (Å²) in [5.74, 6) is 0.342. The van der Waals surface area contributed by atoms with Crippen molar-refractivity contribution in [1.82, 2.24) is 0 Å². The third-order valence-corrected chi connectivity index (χ3v) is 3.40. The van der Waals surface area contributed by atoms with Gasteiger partial charge in [0.05, 0.1) is 24.9 Å². The van der Waals surface area contributed by atoms with Gasteiger partial charge in [-0.2, -0.15) is 0 Å². The van der Waals surface area contributed by atoms with Gasteiger partial charge in [-0.05, 0) is 24.1 Å². The molecule has 1 aliphatic rings. The summed E-state index contributed by atoms with van der Waals surface area (Å²) in [4.78, 5) is 13.4. The molecule has 0 aliphatic carbocycles. The van der Waals surface area contributed by atoms with E-state index in [2.05, 4.69) is 0 Å². The molecule has 1 aliphatic heterocycles. The molecule has 0 radical (unpaired) electrons. The van der Waals surface area contributed by atoms with E-state index in [1.165, 1.54) is 4.90 Å². The second-order valence-corrected chi connectivity index (χ2v) is 4.87. The number of fused-ring (bicyclic) bond motifs is 1. The highest BCUT2D eigenvalue weighted by Crippen LogP contribution is 2.34. The number of carbonyl (C=O) groups is 1. The van der Waals surface area contributed by atoms with Crippen LogP contribution in [0.3, 0.4) is 0 Å². The summed E-state index contributed by atoms with van der Waals surface area (Å²) in [5, 5.41) is 18.5. The maximum absolute atomic E-state index is 11.9. The van der Waals surface area contributed by atoms with Crippen LogP contribution in [0.25, 0.3) is 0 Å². The molecule has 2 unspecified atom stereocenters. The van der Waals surface area contributed by atoms with Crippen molar-refractivity contribution < 1.29 is 19.7 Å². The molecule has 2 rings (SSSR count). The van der Waals surface area contributed by atoms with Crippen LogP contribution in [0.5, 0.6) is 5.75 Å². The number of ether oxygens (including phenoxy) is 1. The minimum atomic E-state index is -0.978. The molecule has 0 fully saturated rings. The third kappa shape index (κ3) is 2.92. The Bertz CT molecular complexity index is 492. The highest BCUT2D eigenvalue weighted by atomic mass is 16.5. The van der Waals surface area contributed by atoms with E-state index in [0.717, 1.165) is 12.0 Å². The Balaban J connectivity index is 2.34. The van der Waals surface area contributed by atoms with Crippen molar-refractivity contribution in [3.05, 3.63) is 23.8 Å². The molecular weight excluding hydrogens is 260 g/mol. The van der Waals surface area contributed by atoms with E-state index < -0.39 is 12.7 Å². The maximum atomic E-state index is 11.9. The first kappa shape index (κ1) is 14.8. The molecule has 0 aromatic heterocycles. The molecule has 1 aromatic carbocycles. The lowest BCUT2D eigenvalue weighted by atomic mass is 10.0. The fourth-order valence-electron chi connectivity index (χ4n) is 2.15. The summed E-state index contributed by atoms with van der Waals surface area (Å²) in [7, 11) is 0. The molecule has 1 heterocycles. The molecule has 1 amide bonds. The first-order valence-corrected chi connectivity index (χ1v) is 6.68. The monoisotopic (exact) mass is 280 g/mol. The summed E-state index contributed by atoms with van der Waals surface area (Å²) in [6.07, 6.45) is -0.194. The molecule has 2 atom stereocenters. The van der Waals surface area contributed by atoms with Crippen LogP contribution in [-0.2, 0) is 4.79 Å². The minimum Gasteiger partial charge on any atom is -0.482 e. The van der Waals surface area contributed by atoms with Crippen LogP contribution in [0.4, 0.5) is 5.69 Å². The summed E-state index contributed by atoms with van der Waals surface area (Å²) >= 11 is 0. The Morgan fingerprint density at radius 1 is 1.50 bits per heavy atom. The normalized spacial score (nSPS) is 17.4. The third-order valence-electron chi connectivity index (χ3n) is 3.40. The fourth-order valence-corrected chi connectivity index (χ4v) is 2.15. The Morgan fingerprint density at radius 2 is 2.25 bits per heavy atom. The molecule has 0 spiro atoms. The quantitative estimate of drug-likeness (QED) is 0.715. The molecule has 0 saturated heterocycles.